The standard InChI is InChI=1S/C21H25N5OS2/c1-2-26-20(18-9-6-14-28-18)22-23-21(26)29-16-19(27)25-12-10-24(11-13-25)15-17-7-4-3-5-8-17/h3-9,14H,2,10-13,15-16H2,1H3. The summed E-state index contributed by atoms with van der Waals surface area (Å²) in [4.78, 5) is 18.2. The van der Waals surface area contributed by atoms with Crippen LogP contribution in [0.1, 0.15) is 12.5 Å². The zero-order valence-corrected chi connectivity index (χ0v) is 18.2. The Labute approximate surface area is 179 Å². The van der Waals surface area contributed by atoms with Crippen molar-refractivity contribution in [3.63, 3.8) is 0 Å². The fraction of sp³-hybridized carbons (Fsp3) is 0.381. The van der Waals surface area contributed by atoms with Gasteiger partial charge in [0.2, 0.25) is 5.91 Å². The Morgan fingerprint density at radius 1 is 1.07 bits per heavy atom. The average molecular weight is 428 g/mol. The molecule has 4 rings (SSSR count). The Balaban J connectivity index is 1.29. The summed E-state index contributed by atoms with van der Waals surface area (Å²) in [5, 5.41) is 11.5. The Morgan fingerprint density at radius 3 is 2.55 bits per heavy atom. The Morgan fingerprint density at radius 2 is 1.86 bits per heavy atom. The zero-order chi connectivity index (χ0) is 20.1. The molecule has 3 aromatic rings. The van der Waals surface area contributed by atoms with E-state index < -0.39 is 0 Å². The summed E-state index contributed by atoms with van der Waals surface area (Å²) in [5.74, 6) is 1.46. The van der Waals surface area contributed by atoms with Gasteiger partial charge in [-0.3, -0.25) is 9.69 Å². The number of carbonyl (C=O) groups excluding carboxylic acids is 1. The Kier molecular flexibility index (Phi) is 6.63. The molecule has 1 amide bonds. The molecule has 8 heteroatoms. The van der Waals surface area contributed by atoms with Crippen LogP contribution in [0.25, 0.3) is 10.7 Å². The van der Waals surface area contributed by atoms with Gasteiger partial charge in [-0.25, -0.2) is 0 Å². The number of carbonyl (C=O) groups is 1. The molecule has 0 unspecified atom stereocenters. The first-order chi connectivity index (χ1) is 14.2. The van der Waals surface area contributed by atoms with Crippen molar-refractivity contribution in [3.8, 4) is 10.7 Å². The SMILES string of the molecule is CCn1c(SCC(=O)N2CCN(Cc3ccccc3)CC2)nnc1-c1cccs1. The second-order valence-electron chi connectivity index (χ2n) is 6.96. The van der Waals surface area contributed by atoms with E-state index in [9.17, 15) is 4.79 Å². The van der Waals surface area contributed by atoms with E-state index in [1.54, 1.807) is 11.3 Å². The highest BCUT2D eigenvalue weighted by Crippen LogP contribution is 2.27. The number of thioether (sulfide) groups is 1. The lowest BCUT2D eigenvalue weighted by atomic mass is 10.2. The number of hydrogen-bond acceptors (Lipinski definition) is 6. The molecule has 1 aromatic carbocycles. The van der Waals surface area contributed by atoms with Crippen molar-refractivity contribution in [2.45, 2.75) is 25.2 Å². The van der Waals surface area contributed by atoms with Gasteiger partial charge < -0.3 is 9.47 Å². The lowest BCUT2D eigenvalue weighted by Crippen LogP contribution is -2.48. The second-order valence-corrected chi connectivity index (χ2v) is 8.85. The summed E-state index contributed by atoms with van der Waals surface area (Å²) in [6.07, 6.45) is 0. The molecule has 0 N–H and O–H groups in total. The average Bonchev–Trinajstić information content (AvgIpc) is 3.42. The maximum absolute atomic E-state index is 12.7. The minimum atomic E-state index is 0.178. The molecule has 1 aliphatic heterocycles. The number of amides is 1. The minimum absolute atomic E-state index is 0.178. The van der Waals surface area contributed by atoms with Crippen LogP contribution < -0.4 is 0 Å². The van der Waals surface area contributed by atoms with E-state index in [4.69, 9.17) is 0 Å². The van der Waals surface area contributed by atoms with Gasteiger partial charge in [0.1, 0.15) is 0 Å². The molecule has 29 heavy (non-hydrogen) atoms. The number of nitrogens with zero attached hydrogens (tertiary/aromatic N) is 5. The van der Waals surface area contributed by atoms with Crippen molar-refractivity contribution in [1.29, 1.82) is 0 Å². The van der Waals surface area contributed by atoms with E-state index in [0.29, 0.717) is 5.75 Å². The van der Waals surface area contributed by atoms with Crippen molar-refractivity contribution in [3.05, 3.63) is 53.4 Å². The smallest absolute Gasteiger partial charge is 0.233 e. The topological polar surface area (TPSA) is 54.3 Å². The minimum Gasteiger partial charge on any atom is -0.339 e. The van der Waals surface area contributed by atoms with Crippen LogP contribution in [0.3, 0.4) is 0 Å². The van der Waals surface area contributed by atoms with Gasteiger partial charge in [0.15, 0.2) is 11.0 Å². The number of thiophene rings is 1. The number of piperazine rings is 1. The highest BCUT2D eigenvalue weighted by atomic mass is 32.2. The molecule has 152 valence electrons. The first-order valence-corrected chi connectivity index (χ1v) is 11.7. The van der Waals surface area contributed by atoms with Crippen molar-refractivity contribution >= 4 is 29.0 Å². The lowest BCUT2D eigenvalue weighted by molar-refractivity contribution is -0.130. The first kappa shape index (κ1) is 20.1. The van der Waals surface area contributed by atoms with E-state index >= 15 is 0 Å². The van der Waals surface area contributed by atoms with Crippen LogP contribution in [0.5, 0.6) is 0 Å². The van der Waals surface area contributed by atoms with Crippen LogP contribution in [0.15, 0.2) is 53.0 Å². The van der Waals surface area contributed by atoms with E-state index in [1.807, 2.05) is 22.4 Å². The molecule has 0 atom stereocenters. The molecule has 1 fully saturated rings. The monoisotopic (exact) mass is 427 g/mol. The summed E-state index contributed by atoms with van der Waals surface area (Å²) < 4.78 is 2.08. The van der Waals surface area contributed by atoms with Gasteiger partial charge >= 0.3 is 0 Å². The number of aromatic nitrogens is 3. The van der Waals surface area contributed by atoms with Crippen molar-refractivity contribution in [1.82, 2.24) is 24.6 Å². The van der Waals surface area contributed by atoms with Gasteiger partial charge in [0.25, 0.3) is 0 Å². The molecule has 1 aliphatic rings. The van der Waals surface area contributed by atoms with E-state index in [0.717, 1.165) is 55.1 Å². The zero-order valence-electron chi connectivity index (χ0n) is 16.5. The molecule has 3 heterocycles. The molecule has 0 spiro atoms. The molecule has 0 bridgehead atoms. The predicted molar refractivity (Wildman–Crippen MR) is 118 cm³/mol. The summed E-state index contributed by atoms with van der Waals surface area (Å²) in [7, 11) is 0. The predicted octanol–water partition coefficient (Wildman–Crippen LogP) is 3.46. The molecule has 1 saturated heterocycles. The van der Waals surface area contributed by atoms with Crippen molar-refractivity contribution in [2.75, 3.05) is 31.9 Å². The van der Waals surface area contributed by atoms with Crippen LogP contribution in [0.2, 0.25) is 0 Å². The third-order valence-corrected chi connectivity index (χ3v) is 6.89. The Hall–Kier alpha value is -2.16. The van der Waals surface area contributed by atoms with Gasteiger partial charge in [-0.1, -0.05) is 48.2 Å². The van der Waals surface area contributed by atoms with Gasteiger partial charge in [-0.15, -0.1) is 21.5 Å². The third kappa shape index (κ3) is 4.88. The fourth-order valence-electron chi connectivity index (χ4n) is 3.48. The summed E-state index contributed by atoms with van der Waals surface area (Å²) >= 11 is 3.14. The van der Waals surface area contributed by atoms with E-state index in [-0.39, 0.29) is 5.91 Å². The summed E-state index contributed by atoms with van der Waals surface area (Å²) in [6.45, 7) is 7.22. The van der Waals surface area contributed by atoms with Crippen LogP contribution in [0.4, 0.5) is 0 Å². The molecular formula is C21H25N5OS2. The van der Waals surface area contributed by atoms with Gasteiger partial charge in [0.05, 0.1) is 10.6 Å². The van der Waals surface area contributed by atoms with Crippen LogP contribution in [0, 0.1) is 0 Å². The number of hydrogen-bond donors (Lipinski definition) is 0. The van der Waals surface area contributed by atoms with Gasteiger partial charge in [-0.2, -0.15) is 0 Å². The molecule has 0 saturated carbocycles. The molecular weight excluding hydrogens is 402 g/mol. The Bertz CT molecular complexity index is 918. The third-order valence-electron chi connectivity index (χ3n) is 5.07. The molecule has 2 aromatic heterocycles. The molecule has 0 radical (unpaired) electrons. The highest BCUT2D eigenvalue weighted by Gasteiger charge is 2.22. The fourth-order valence-corrected chi connectivity index (χ4v) is 5.11. The van der Waals surface area contributed by atoms with Crippen molar-refractivity contribution in [2.24, 2.45) is 0 Å². The largest absolute Gasteiger partial charge is 0.339 e. The highest BCUT2D eigenvalue weighted by molar-refractivity contribution is 7.99. The van der Waals surface area contributed by atoms with E-state index in [1.165, 1.54) is 17.3 Å². The number of rotatable bonds is 7. The molecule has 6 nitrogen and oxygen atoms in total. The van der Waals surface area contributed by atoms with Crippen molar-refractivity contribution < 1.29 is 4.79 Å². The molecule has 0 aliphatic carbocycles. The van der Waals surface area contributed by atoms with Gasteiger partial charge in [0, 0.05) is 39.3 Å². The first-order valence-electron chi connectivity index (χ1n) is 9.88. The maximum atomic E-state index is 12.7. The second kappa shape index (κ2) is 9.56. The van der Waals surface area contributed by atoms with Gasteiger partial charge in [-0.05, 0) is 23.9 Å². The normalized spacial score (nSPS) is 15.0. The quantitative estimate of drug-likeness (QED) is 0.541. The number of benzene rings is 1. The summed E-state index contributed by atoms with van der Waals surface area (Å²) in [5.41, 5.74) is 1.32. The van der Waals surface area contributed by atoms with Crippen LogP contribution in [-0.2, 0) is 17.9 Å². The lowest BCUT2D eigenvalue weighted by Gasteiger charge is -2.34. The maximum Gasteiger partial charge on any atom is 0.233 e. The van der Waals surface area contributed by atoms with Crippen LogP contribution >= 0.6 is 23.1 Å². The van der Waals surface area contributed by atoms with Crippen LogP contribution in [-0.4, -0.2) is 62.4 Å². The van der Waals surface area contributed by atoms with E-state index in [2.05, 4.69) is 56.9 Å². The summed E-state index contributed by atoms with van der Waals surface area (Å²) in [6, 6.07) is 14.6.